The zero-order valence-electron chi connectivity index (χ0n) is 8.93. The summed E-state index contributed by atoms with van der Waals surface area (Å²) in [6.07, 6.45) is 0.858. The van der Waals surface area contributed by atoms with E-state index in [2.05, 4.69) is 10.2 Å². The lowest BCUT2D eigenvalue weighted by Crippen LogP contribution is -1.84. The van der Waals surface area contributed by atoms with Crippen molar-refractivity contribution in [1.82, 2.24) is 10.2 Å². The maximum atomic E-state index is 10.6. The van der Waals surface area contributed by atoms with E-state index < -0.39 is 0 Å². The summed E-state index contributed by atoms with van der Waals surface area (Å²) in [6.45, 7) is 3.92. The second-order valence-electron chi connectivity index (χ2n) is 3.33. The Morgan fingerprint density at radius 1 is 1.31 bits per heavy atom. The van der Waals surface area contributed by atoms with Gasteiger partial charge in [0.05, 0.1) is 0 Å². The maximum absolute atomic E-state index is 10.6. The molecule has 0 saturated heterocycles. The first-order chi connectivity index (χ1) is 7.69. The highest BCUT2D eigenvalue weighted by atomic mass is 32.2. The number of carbonyl (C=O) groups excluding carboxylic acids is 1. The predicted molar refractivity (Wildman–Crippen MR) is 65.3 cm³/mol. The topological polar surface area (TPSA) is 42.9 Å². The van der Waals surface area contributed by atoms with Crippen molar-refractivity contribution < 1.29 is 4.79 Å². The fourth-order valence-corrected chi connectivity index (χ4v) is 3.11. The second kappa shape index (κ2) is 4.76. The summed E-state index contributed by atoms with van der Waals surface area (Å²) in [5, 5.41) is 8.99. The molecule has 0 fully saturated rings. The van der Waals surface area contributed by atoms with Gasteiger partial charge in [-0.3, -0.25) is 4.79 Å². The lowest BCUT2D eigenvalue weighted by atomic mass is 10.2. The Morgan fingerprint density at radius 2 is 2.12 bits per heavy atom. The molecule has 3 nitrogen and oxygen atoms in total. The molecule has 5 heteroatoms. The predicted octanol–water partition coefficient (Wildman–Crippen LogP) is 3.12. The van der Waals surface area contributed by atoms with Crippen LogP contribution in [-0.4, -0.2) is 16.5 Å². The van der Waals surface area contributed by atoms with Gasteiger partial charge in [-0.05, 0) is 31.5 Å². The second-order valence-corrected chi connectivity index (χ2v) is 5.80. The van der Waals surface area contributed by atoms with Crippen LogP contribution in [-0.2, 0) is 0 Å². The van der Waals surface area contributed by atoms with E-state index >= 15 is 0 Å². The Balaban J connectivity index is 2.25. The van der Waals surface area contributed by atoms with Gasteiger partial charge in [-0.25, -0.2) is 0 Å². The smallest absolute Gasteiger partial charge is 0.179 e. The van der Waals surface area contributed by atoms with Gasteiger partial charge in [-0.2, -0.15) is 0 Å². The molecule has 0 aliphatic carbocycles. The standard InChI is InChI=1S/C11H10N2OS2/c1-7-5-9(6-14)3-4-10(7)16-11-13-12-8(2)15-11/h3-6H,1-2H3. The fourth-order valence-electron chi connectivity index (χ4n) is 1.27. The summed E-state index contributed by atoms with van der Waals surface area (Å²) in [7, 11) is 0. The quantitative estimate of drug-likeness (QED) is 0.785. The molecule has 0 amide bonds. The van der Waals surface area contributed by atoms with Crippen molar-refractivity contribution in [3.05, 3.63) is 34.3 Å². The van der Waals surface area contributed by atoms with Crippen LogP contribution in [0.25, 0.3) is 0 Å². The first kappa shape index (κ1) is 11.3. The average molecular weight is 250 g/mol. The Bertz CT molecular complexity index is 522. The van der Waals surface area contributed by atoms with Crippen molar-refractivity contribution in [1.29, 1.82) is 0 Å². The van der Waals surface area contributed by atoms with E-state index in [-0.39, 0.29) is 0 Å². The minimum absolute atomic E-state index is 0.704. The molecule has 16 heavy (non-hydrogen) atoms. The van der Waals surface area contributed by atoms with E-state index in [1.165, 1.54) is 0 Å². The third kappa shape index (κ3) is 2.48. The number of hydrogen-bond acceptors (Lipinski definition) is 5. The van der Waals surface area contributed by atoms with Gasteiger partial charge in [-0.1, -0.05) is 29.2 Å². The van der Waals surface area contributed by atoms with Crippen molar-refractivity contribution in [3.8, 4) is 0 Å². The van der Waals surface area contributed by atoms with Crippen LogP contribution < -0.4 is 0 Å². The van der Waals surface area contributed by atoms with Crippen LogP contribution in [0.15, 0.2) is 27.4 Å². The number of hydrogen-bond donors (Lipinski definition) is 0. The molecule has 1 aromatic heterocycles. The number of aldehydes is 1. The molecule has 0 radical (unpaired) electrons. The van der Waals surface area contributed by atoms with E-state index in [1.807, 2.05) is 32.0 Å². The molecule has 0 spiro atoms. The lowest BCUT2D eigenvalue weighted by molar-refractivity contribution is 0.112. The molecule has 0 unspecified atom stereocenters. The van der Waals surface area contributed by atoms with E-state index in [0.717, 1.165) is 26.1 Å². The number of carbonyl (C=O) groups is 1. The summed E-state index contributed by atoms with van der Waals surface area (Å²) in [5.41, 5.74) is 1.79. The molecule has 0 atom stereocenters. The summed E-state index contributed by atoms with van der Waals surface area (Å²) < 4.78 is 0.930. The third-order valence-electron chi connectivity index (χ3n) is 2.04. The van der Waals surface area contributed by atoms with E-state index in [0.29, 0.717) is 5.56 Å². The maximum Gasteiger partial charge on any atom is 0.179 e. The molecule has 0 aliphatic heterocycles. The summed E-state index contributed by atoms with van der Waals surface area (Å²) in [4.78, 5) is 11.7. The van der Waals surface area contributed by atoms with E-state index in [1.54, 1.807) is 23.1 Å². The molecule has 2 rings (SSSR count). The molecule has 0 saturated carbocycles. The molecule has 82 valence electrons. The number of aromatic nitrogens is 2. The average Bonchev–Trinajstić information content (AvgIpc) is 2.67. The number of benzene rings is 1. The van der Waals surface area contributed by atoms with Crippen LogP contribution in [0.4, 0.5) is 0 Å². The lowest BCUT2D eigenvalue weighted by Gasteiger charge is -2.02. The minimum Gasteiger partial charge on any atom is -0.298 e. The van der Waals surface area contributed by atoms with Crippen LogP contribution in [0.2, 0.25) is 0 Å². The third-order valence-corrected chi connectivity index (χ3v) is 4.11. The van der Waals surface area contributed by atoms with E-state index in [9.17, 15) is 4.79 Å². The summed E-state index contributed by atoms with van der Waals surface area (Å²) >= 11 is 3.16. The van der Waals surface area contributed by atoms with Crippen molar-refractivity contribution in [2.45, 2.75) is 23.1 Å². The number of rotatable bonds is 3. The zero-order valence-corrected chi connectivity index (χ0v) is 10.6. The highest BCUT2D eigenvalue weighted by Crippen LogP contribution is 2.32. The molecule has 0 N–H and O–H groups in total. The molecule has 0 bridgehead atoms. The summed E-state index contributed by atoms with van der Waals surface area (Å²) in [6, 6.07) is 5.64. The SMILES string of the molecule is Cc1nnc(Sc2ccc(C=O)cc2C)s1. The normalized spacial score (nSPS) is 10.4. The zero-order chi connectivity index (χ0) is 11.5. The van der Waals surface area contributed by atoms with Gasteiger partial charge >= 0.3 is 0 Å². The minimum atomic E-state index is 0.704. The Morgan fingerprint density at radius 3 is 2.69 bits per heavy atom. The van der Waals surface area contributed by atoms with Gasteiger partial charge in [0, 0.05) is 10.5 Å². The first-order valence-electron chi connectivity index (χ1n) is 4.73. The van der Waals surface area contributed by atoms with Gasteiger partial charge in [0.25, 0.3) is 0 Å². The van der Waals surface area contributed by atoms with Crippen LogP contribution in [0.5, 0.6) is 0 Å². The Hall–Kier alpha value is -1.20. The fraction of sp³-hybridized carbons (Fsp3) is 0.182. The number of nitrogens with zero attached hydrogens (tertiary/aromatic N) is 2. The molecular weight excluding hydrogens is 240 g/mol. The van der Waals surface area contributed by atoms with Gasteiger partial charge in [0.15, 0.2) is 4.34 Å². The number of aryl methyl sites for hydroxylation is 2. The van der Waals surface area contributed by atoms with Gasteiger partial charge in [0.2, 0.25) is 0 Å². The van der Waals surface area contributed by atoms with Crippen LogP contribution in [0.3, 0.4) is 0 Å². The van der Waals surface area contributed by atoms with Crippen LogP contribution >= 0.6 is 23.1 Å². The largest absolute Gasteiger partial charge is 0.298 e. The summed E-state index contributed by atoms with van der Waals surface area (Å²) in [5.74, 6) is 0. The molecule has 0 aliphatic rings. The van der Waals surface area contributed by atoms with Crippen molar-refractivity contribution in [2.24, 2.45) is 0 Å². The monoisotopic (exact) mass is 250 g/mol. The van der Waals surface area contributed by atoms with Gasteiger partial charge < -0.3 is 0 Å². The molecule has 2 aromatic rings. The van der Waals surface area contributed by atoms with Crippen molar-refractivity contribution in [3.63, 3.8) is 0 Å². The molecular formula is C11H10N2OS2. The van der Waals surface area contributed by atoms with Gasteiger partial charge in [-0.15, -0.1) is 10.2 Å². The highest BCUT2D eigenvalue weighted by molar-refractivity contribution is 8.01. The van der Waals surface area contributed by atoms with E-state index in [4.69, 9.17) is 0 Å². The Labute approximate surface area is 102 Å². The van der Waals surface area contributed by atoms with Crippen LogP contribution in [0, 0.1) is 13.8 Å². The molecule has 1 heterocycles. The van der Waals surface area contributed by atoms with Gasteiger partial charge in [0.1, 0.15) is 11.3 Å². The van der Waals surface area contributed by atoms with Crippen LogP contribution in [0.1, 0.15) is 20.9 Å². The van der Waals surface area contributed by atoms with Crippen molar-refractivity contribution >= 4 is 29.4 Å². The highest BCUT2D eigenvalue weighted by Gasteiger charge is 2.06. The van der Waals surface area contributed by atoms with Crippen molar-refractivity contribution in [2.75, 3.05) is 0 Å². The Kier molecular flexibility index (Phi) is 3.36. The first-order valence-corrected chi connectivity index (χ1v) is 6.36. The molecule has 1 aromatic carbocycles.